The molecule has 1 aliphatic heterocycles. The number of carbonyl (C=O) groups is 1. The number of nitrogens with zero attached hydrogens (tertiary/aromatic N) is 2. The molecule has 23 heavy (non-hydrogen) atoms. The van der Waals surface area contributed by atoms with E-state index < -0.39 is 16.1 Å². The van der Waals surface area contributed by atoms with Gasteiger partial charge < -0.3 is 5.11 Å². The van der Waals surface area contributed by atoms with E-state index in [1.54, 1.807) is 18.5 Å². The number of hydrogen-bond donors (Lipinski definition) is 2. The molecule has 2 aromatic rings. The van der Waals surface area contributed by atoms with E-state index in [1.807, 2.05) is 16.9 Å². The Labute approximate surface area is 133 Å². The summed E-state index contributed by atoms with van der Waals surface area (Å²) >= 11 is 0. The molecule has 0 radical (unpaired) electrons. The van der Waals surface area contributed by atoms with E-state index in [0.717, 1.165) is 21.9 Å². The quantitative estimate of drug-likeness (QED) is 0.860. The maximum atomic E-state index is 11.8. The van der Waals surface area contributed by atoms with Gasteiger partial charge in [-0.05, 0) is 48.2 Å². The van der Waals surface area contributed by atoms with Crippen molar-refractivity contribution in [1.82, 2.24) is 9.71 Å². The fraction of sp³-hybridized carbons (Fsp3) is 0.200. The Bertz CT molecular complexity index is 837. The van der Waals surface area contributed by atoms with E-state index >= 15 is 0 Å². The zero-order valence-electron chi connectivity index (χ0n) is 12.1. The predicted molar refractivity (Wildman–Crippen MR) is 84.2 cm³/mol. The van der Waals surface area contributed by atoms with Crippen LogP contribution in [0.3, 0.4) is 0 Å². The van der Waals surface area contributed by atoms with Crippen LogP contribution in [-0.2, 0) is 27.8 Å². The van der Waals surface area contributed by atoms with E-state index in [-0.39, 0.29) is 18.0 Å². The molecule has 8 heteroatoms. The molecule has 0 spiro atoms. The number of amides is 1. The van der Waals surface area contributed by atoms with Crippen LogP contribution in [0.5, 0.6) is 5.75 Å². The predicted octanol–water partition coefficient (Wildman–Crippen LogP) is 0.753. The summed E-state index contributed by atoms with van der Waals surface area (Å²) in [5, 5.41) is 10.1. The molecule has 1 saturated heterocycles. The van der Waals surface area contributed by atoms with Crippen molar-refractivity contribution in [2.24, 2.45) is 0 Å². The molecule has 1 aromatic heterocycles. The van der Waals surface area contributed by atoms with Crippen LogP contribution < -0.4 is 9.03 Å². The normalized spacial score (nSPS) is 16.3. The third-order valence-corrected chi connectivity index (χ3v) is 4.97. The Kier molecular flexibility index (Phi) is 3.91. The SMILES string of the molecule is O=C1CN(c2ccc(CCc3ccncc3)cc2O)S(=O)(=O)N1. The van der Waals surface area contributed by atoms with E-state index in [0.29, 0.717) is 6.42 Å². The maximum Gasteiger partial charge on any atom is 0.326 e. The Balaban J connectivity index is 1.77. The number of benzene rings is 1. The molecule has 3 rings (SSSR count). The van der Waals surface area contributed by atoms with Gasteiger partial charge >= 0.3 is 10.2 Å². The number of nitrogens with one attached hydrogen (secondary N) is 1. The van der Waals surface area contributed by atoms with Crippen LogP contribution in [0, 0.1) is 0 Å². The van der Waals surface area contributed by atoms with Gasteiger partial charge in [-0.2, -0.15) is 8.42 Å². The third kappa shape index (κ3) is 3.26. The van der Waals surface area contributed by atoms with Gasteiger partial charge in [0.05, 0.1) is 5.69 Å². The number of pyridine rings is 1. The highest BCUT2D eigenvalue weighted by atomic mass is 32.2. The summed E-state index contributed by atoms with van der Waals surface area (Å²) in [6, 6.07) is 8.61. The van der Waals surface area contributed by atoms with E-state index in [1.165, 1.54) is 12.1 Å². The fourth-order valence-electron chi connectivity index (χ4n) is 2.43. The van der Waals surface area contributed by atoms with Gasteiger partial charge in [0, 0.05) is 12.4 Å². The second-order valence-electron chi connectivity index (χ2n) is 5.22. The van der Waals surface area contributed by atoms with Crippen molar-refractivity contribution in [3.63, 3.8) is 0 Å². The smallest absolute Gasteiger partial charge is 0.326 e. The highest BCUT2D eigenvalue weighted by Gasteiger charge is 2.35. The van der Waals surface area contributed by atoms with E-state index in [9.17, 15) is 18.3 Å². The molecule has 2 heterocycles. The van der Waals surface area contributed by atoms with Crippen LogP contribution >= 0.6 is 0 Å². The standard InChI is InChI=1S/C15H15N3O4S/c19-14-9-12(2-1-11-5-7-16-8-6-11)3-4-13(14)18-10-15(20)17-23(18,21)22/h3-9,19H,1-2,10H2,(H,17,20). The van der Waals surface area contributed by atoms with Crippen LogP contribution in [0.25, 0.3) is 0 Å². The molecule has 1 aromatic carbocycles. The molecule has 2 N–H and O–H groups in total. The molecular formula is C15H15N3O4S. The van der Waals surface area contributed by atoms with Gasteiger partial charge in [0.1, 0.15) is 12.3 Å². The van der Waals surface area contributed by atoms with Crippen molar-refractivity contribution in [2.45, 2.75) is 12.8 Å². The summed E-state index contributed by atoms with van der Waals surface area (Å²) in [6.45, 7) is -0.327. The first-order valence-electron chi connectivity index (χ1n) is 7.00. The number of carbonyl (C=O) groups excluding carboxylic acids is 1. The van der Waals surface area contributed by atoms with Crippen molar-refractivity contribution < 1.29 is 18.3 Å². The number of hydrogen-bond acceptors (Lipinski definition) is 5. The highest BCUT2D eigenvalue weighted by molar-refractivity contribution is 7.92. The molecule has 0 saturated carbocycles. The van der Waals surface area contributed by atoms with E-state index in [2.05, 4.69) is 4.98 Å². The molecule has 0 atom stereocenters. The maximum absolute atomic E-state index is 11.8. The molecule has 0 bridgehead atoms. The number of phenolic OH excluding ortho intramolecular Hbond substituents is 1. The fourth-order valence-corrected chi connectivity index (χ4v) is 3.60. The molecule has 120 valence electrons. The zero-order chi connectivity index (χ0) is 16.4. The van der Waals surface area contributed by atoms with Gasteiger partial charge in [0.15, 0.2) is 0 Å². The lowest BCUT2D eigenvalue weighted by atomic mass is 10.0. The Morgan fingerprint density at radius 2 is 1.83 bits per heavy atom. The first-order chi connectivity index (χ1) is 11.0. The highest BCUT2D eigenvalue weighted by Crippen LogP contribution is 2.31. The summed E-state index contributed by atoms with van der Waals surface area (Å²) in [5.41, 5.74) is 2.09. The minimum Gasteiger partial charge on any atom is -0.506 e. The van der Waals surface area contributed by atoms with Crippen LogP contribution in [0.15, 0.2) is 42.7 Å². The lowest BCUT2D eigenvalue weighted by Crippen LogP contribution is -2.29. The molecule has 1 fully saturated rings. The summed E-state index contributed by atoms with van der Waals surface area (Å²) in [6.07, 6.45) is 4.92. The summed E-state index contributed by atoms with van der Waals surface area (Å²) in [4.78, 5) is 15.2. The lowest BCUT2D eigenvalue weighted by Gasteiger charge is -2.16. The second-order valence-corrected chi connectivity index (χ2v) is 6.81. The number of aromatic nitrogens is 1. The first kappa shape index (κ1) is 15.3. The van der Waals surface area contributed by atoms with Crippen LogP contribution in [-0.4, -0.2) is 31.0 Å². The van der Waals surface area contributed by atoms with E-state index in [4.69, 9.17) is 0 Å². The number of rotatable bonds is 4. The average Bonchev–Trinajstić information content (AvgIpc) is 2.79. The summed E-state index contributed by atoms with van der Waals surface area (Å²) < 4.78 is 26.3. The molecular weight excluding hydrogens is 318 g/mol. The van der Waals surface area contributed by atoms with Crippen molar-refractivity contribution >= 4 is 21.8 Å². The molecule has 1 aliphatic rings. The number of phenols is 1. The first-order valence-corrected chi connectivity index (χ1v) is 8.44. The summed E-state index contributed by atoms with van der Waals surface area (Å²) in [7, 11) is -3.91. The Hall–Kier alpha value is -2.61. The molecule has 0 unspecified atom stereocenters. The monoisotopic (exact) mass is 333 g/mol. The number of anilines is 1. The van der Waals surface area contributed by atoms with Crippen molar-refractivity contribution in [3.8, 4) is 5.75 Å². The number of aryl methyl sites for hydroxylation is 2. The third-order valence-electron chi connectivity index (χ3n) is 3.58. The van der Waals surface area contributed by atoms with Gasteiger partial charge in [-0.15, -0.1) is 0 Å². The number of aromatic hydroxyl groups is 1. The minimum absolute atomic E-state index is 0.0935. The van der Waals surface area contributed by atoms with Crippen LogP contribution in [0.2, 0.25) is 0 Å². The molecule has 0 aliphatic carbocycles. The lowest BCUT2D eigenvalue weighted by molar-refractivity contribution is -0.117. The van der Waals surface area contributed by atoms with Gasteiger partial charge in [-0.3, -0.25) is 9.78 Å². The topological polar surface area (TPSA) is 99.6 Å². The van der Waals surface area contributed by atoms with Crippen LogP contribution in [0.1, 0.15) is 11.1 Å². The van der Waals surface area contributed by atoms with Crippen molar-refractivity contribution in [2.75, 3.05) is 10.8 Å². The van der Waals surface area contributed by atoms with Crippen molar-refractivity contribution in [3.05, 3.63) is 53.9 Å². The average molecular weight is 333 g/mol. The minimum atomic E-state index is -3.91. The zero-order valence-corrected chi connectivity index (χ0v) is 13.0. The molecule has 7 nitrogen and oxygen atoms in total. The Morgan fingerprint density at radius 3 is 2.43 bits per heavy atom. The van der Waals surface area contributed by atoms with Gasteiger partial charge in [-0.1, -0.05) is 6.07 Å². The van der Waals surface area contributed by atoms with Gasteiger partial charge in [0.25, 0.3) is 5.91 Å². The van der Waals surface area contributed by atoms with Crippen LogP contribution in [0.4, 0.5) is 5.69 Å². The van der Waals surface area contributed by atoms with Gasteiger partial charge in [0.2, 0.25) is 0 Å². The second kappa shape index (κ2) is 5.88. The summed E-state index contributed by atoms with van der Waals surface area (Å²) in [5.74, 6) is -0.788. The van der Waals surface area contributed by atoms with Gasteiger partial charge in [-0.25, -0.2) is 9.03 Å². The Morgan fingerprint density at radius 1 is 1.13 bits per heavy atom. The largest absolute Gasteiger partial charge is 0.506 e. The van der Waals surface area contributed by atoms with Crippen molar-refractivity contribution in [1.29, 1.82) is 0 Å². The molecule has 1 amide bonds.